The number of esters is 1. The number of aromatic nitrogens is 2. The number of carbonyl (C=O) groups excluding carboxylic acids is 1. The quantitative estimate of drug-likeness (QED) is 0.874. The Morgan fingerprint density at radius 2 is 2.05 bits per heavy atom. The Kier molecular flexibility index (Phi) is 4.47. The van der Waals surface area contributed by atoms with Gasteiger partial charge in [0.15, 0.2) is 0 Å². The van der Waals surface area contributed by atoms with Crippen LogP contribution in [0.15, 0.2) is 24.3 Å². The molecule has 114 valence electrons. The molecule has 1 aromatic heterocycles. The standard InChI is InChI=1S/C16H18N4O2/c1-10(2)20-16(18)13(9-17)15(19-20)12-6-4-11(5-7-12)8-14(21)22-3/h4-7,10H,8,18H2,1-3H3. The van der Waals surface area contributed by atoms with Gasteiger partial charge in [-0.05, 0) is 19.4 Å². The fourth-order valence-electron chi connectivity index (χ4n) is 2.17. The van der Waals surface area contributed by atoms with Crippen molar-refractivity contribution < 1.29 is 9.53 Å². The molecule has 0 saturated carbocycles. The Labute approximate surface area is 129 Å². The number of hydrogen-bond donors (Lipinski definition) is 1. The van der Waals surface area contributed by atoms with Crippen molar-refractivity contribution in [1.29, 1.82) is 5.26 Å². The van der Waals surface area contributed by atoms with E-state index in [9.17, 15) is 10.1 Å². The van der Waals surface area contributed by atoms with Crippen molar-refractivity contribution in [2.45, 2.75) is 26.3 Å². The number of carbonyl (C=O) groups is 1. The van der Waals surface area contributed by atoms with Crippen LogP contribution in [0.3, 0.4) is 0 Å². The van der Waals surface area contributed by atoms with E-state index in [1.807, 2.05) is 38.1 Å². The highest BCUT2D eigenvalue weighted by Crippen LogP contribution is 2.28. The van der Waals surface area contributed by atoms with Gasteiger partial charge in [-0.15, -0.1) is 0 Å². The number of nitrogens with two attached hydrogens (primary N) is 1. The summed E-state index contributed by atoms with van der Waals surface area (Å²) in [4.78, 5) is 11.3. The molecule has 0 unspecified atom stereocenters. The van der Waals surface area contributed by atoms with Crippen LogP contribution in [-0.4, -0.2) is 22.9 Å². The number of methoxy groups -OCH3 is 1. The van der Waals surface area contributed by atoms with E-state index in [4.69, 9.17) is 5.73 Å². The predicted molar refractivity (Wildman–Crippen MR) is 82.9 cm³/mol. The lowest BCUT2D eigenvalue weighted by Crippen LogP contribution is -2.07. The Morgan fingerprint density at radius 1 is 1.41 bits per heavy atom. The van der Waals surface area contributed by atoms with Gasteiger partial charge in [-0.25, -0.2) is 4.68 Å². The van der Waals surface area contributed by atoms with Gasteiger partial charge in [-0.3, -0.25) is 4.79 Å². The largest absolute Gasteiger partial charge is 0.469 e. The maximum atomic E-state index is 11.3. The van der Waals surface area contributed by atoms with E-state index in [1.54, 1.807) is 4.68 Å². The third kappa shape index (κ3) is 2.93. The molecular weight excluding hydrogens is 280 g/mol. The van der Waals surface area contributed by atoms with Crippen LogP contribution in [0.5, 0.6) is 0 Å². The minimum atomic E-state index is -0.293. The van der Waals surface area contributed by atoms with Crippen molar-refractivity contribution in [3.8, 4) is 17.3 Å². The highest BCUT2D eigenvalue weighted by Gasteiger charge is 2.18. The van der Waals surface area contributed by atoms with Crippen LogP contribution in [0.2, 0.25) is 0 Å². The molecule has 2 N–H and O–H groups in total. The van der Waals surface area contributed by atoms with E-state index in [-0.39, 0.29) is 18.4 Å². The number of benzene rings is 1. The number of nitrogens with zero attached hydrogens (tertiary/aromatic N) is 3. The van der Waals surface area contributed by atoms with Crippen molar-refractivity contribution in [3.05, 3.63) is 35.4 Å². The summed E-state index contributed by atoms with van der Waals surface area (Å²) in [5, 5.41) is 13.8. The summed E-state index contributed by atoms with van der Waals surface area (Å²) in [6.45, 7) is 3.90. The molecule has 0 amide bonds. The van der Waals surface area contributed by atoms with E-state index in [0.717, 1.165) is 11.1 Å². The molecule has 0 bridgehead atoms. The molecule has 2 aromatic rings. The third-order valence-electron chi connectivity index (χ3n) is 3.35. The van der Waals surface area contributed by atoms with Crippen molar-refractivity contribution in [3.63, 3.8) is 0 Å². The molecular formula is C16H18N4O2. The van der Waals surface area contributed by atoms with Gasteiger partial charge in [-0.1, -0.05) is 24.3 Å². The first-order valence-electron chi connectivity index (χ1n) is 6.92. The number of hydrogen-bond acceptors (Lipinski definition) is 5. The molecule has 6 heteroatoms. The summed E-state index contributed by atoms with van der Waals surface area (Å²) < 4.78 is 6.27. The molecule has 0 saturated heterocycles. The lowest BCUT2D eigenvalue weighted by Gasteiger charge is -2.06. The van der Waals surface area contributed by atoms with Gasteiger partial charge in [0, 0.05) is 11.6 Å². The molecule has 0 spiro atoms. The van der Waals surface area contributed by atoms with Crippen LogP contribution in [0.25, 0.3) is 11.3 Å². The van der Waals surface area contributed by atoms with Gasteiger partial charge in [0.2, 0.25) is 0 Å². The van der Waals surface area contributed by atoms with E-state index < -0.39 is 0 Å². The molecule has 0 aliphatic heterocycles. The average molecular weight is 298 g/mol. The normalized spacial score (nSPS) is 10.5. The van der Waals surface area contributed by atoms with E-state index in [1.165, 1.54) is 7.11 Å². The molecule has 0 fully saturated rings. The molecule has 22 heavy (non-hydrogen) atoms. The van der Waals surface area contributed by atoms with Crippen LogP contribution < -0.4 is 5.73 Å². The maximum Gasteiger partial charge on any atom is 0.309 e. The number of nitriles is 1. The lowest BCUT2D eigenvalue weighted by atomic mass is 10.0. The third-order valence-corrected chi connectivity index (χ3v) is 3.35. The molecule has 2 rings (SSSR count). The highest BCUT2D eigenvalue weighted by atomic mass is 16.5. The fraction of sp³-hybridized carbons (Fsp3) is 0.312. The van der Waals surface area contributed by atoms with Gasteiger partial charge < -0.3 is 10.5 Å². The fourth-order valence-corrected chi connectivity index (χ4v) is 2.17. The van der Waals surface area contributed by atoms with Crippen LogP contribution >= 0.6 is 0 Å². The Morgan fingerprint density at radius 3 is 2.55 bits per heavy atom. The second-order valence-corrected chi connectivity index (χ2v) is 5.21. The first-order valence-corrected chi connectivity index (χ1v) is 6.92. The van der Waals surface area contributed by atoms with E-state index in [2.05, 4.69) is 15.9 Å². The van der Waals surface area contributed by atoms with Crippen LogP contribution in [0.4, 0.5) is 5.82 Å². The molecule has 0 aliphatic carbocycles. The minimum absolute atomic E-state index is 0.0689. The zero-order chi connectivity index (χ0) is 16.3. The van der Waals surface area contributed by atoms with Crippen molar-refractivity contribution in [1.82, 2.24) is 9.78 Å². The summed E-state index contributed by atoms with van der Waals surface area (Å²) in [5.74, 6) is 0.0740. The van der Waals surface area contributed by atoms with Crippen molar-refractivity contribution in [2.75, 3.05) is 12.8 Å². The Balaban J connectivity index is 2.38. The second-order valence-electron chi connectivity index (χ2n) is 5.21. The number of anilines is 1. The summed E-state index contributed by atoms with van der Waals surface area (Å²) in [7, 11) is 1.36. The Hall–Kier alpha value is -2.81. The molecule has 6 nitrogen and oxygen atoms in total. The van der Waals surface area contributed by atoms with Crippen molar-refractivity contribution >= 4 is 11.8 Å². The SMILES string of the molecule is COC(=O)Cc1ccc(-c2nn(C(C)C)c(N)c2C#N)cc1. The van der Waals surface area contributed by atoms with Gasteiger partial charge in [-0.2, -0.15) is 10.4 Å². The van der Waals surface area contributed by atoms with E-state index in [0.29, 0.717) is 17.1 Å². The smallest absolute Gasteiger partial charge is 0.309 e. The zero-order valence-corrected chi connectivity index (χ0v) is 12.8. The second kappa shape index (κ2) is 6.31. The predicted octanol–water partition coefficient (Wildman–Crippen LogP) is 2.30. The number of nitrogen functional groups attached to an aromatic ring is 1. The molecule has 1 heterocycles. The van der Waals surface area contributed by atoms with Crippen LogP contribution in [0, 0.1) is 11.3 Å². The van der Waals surface area contributed by atoms with Crippen LogP contribution in [-0.2, 0) is 16.0 Å². The summed E-state index contributed by atoms with van der Waals surface area (Å²) >= 11 is 0. The number of rotatable bonds is 4. The first-order chi connectivity index (χ1) is 10.5. The average Bonchev–Trinajstić information content (AvgIpc) is 2.84. The Bertz CT molecular complexity index is 724. The molecule has 1 aromatic carbocycles. The first kappa shape index (κ1) is 15.6. The maximum absolute atomic E-state index is 11.3. The topological polar surface area (TPSA) is 93.9 Å². The summed E-state index contributed by atoms with van der Waals surface area (Å²) in [5.41, 5.74) is 8.53. The lowest BCUT2D eigenvalue weighted by molar-refractivity contribution is -0.139. The van der Waals surface area contributed by atoms with Gasteiger partial charge >= 0.3 is 5.97 Å². The summed E-state index contributed by atoms with van der Waals surface area (Å²) in [6.07, 6.45) is 0.213. The molecule has 0 radical (unpaired) electrons. The van der Waals surface area contributed by atoms with Crippen LogP contribution in [0.1, 0.15) is 31.0 Å². The van der Waals surface area contributed by atoms with Gasteiger partial charge in [0.1, 0.15) is 23.1 Å². The molecule has 0 atom stereocenters. The molecule has 0 aliphatic rings. The van der Waals surface area contributed by atoms with Gasteiger partial charge in [0.05, 0.1) is 13.5 Å². The van der Waals surface area contributed by atoms with Crippen molar-refractivity contribution in [2.24, 2.45) is 0 Å². The zero-order valence-electron chi connectivity index (χ0n) is 12.8. The highest BCUT2D eigenvalue weighted by molar-refractivity contribution is 5.75. The minimum Gasteiger partial charge on any atom is -0.469 e. The summed E-state index contributed by atoms with van der Waals surface area (Å²) in [6, 6.07) is 9.46. The van der Waals surface area contributed by atoms with E-state index >= 15 is 0 Å². The number of ether oxygens (including phenoxy) is 1. The monoisotopic (exact) mass is 298 g/mol. The van der Waals surface area contributed by atoms with Gasteiger partial charge in [0.25, 0.3) is 0 Å².